The lowest BCUT2D eigenvalue weighted by atomic mass is 10.2. The first kappa shape index (κ1) is 18.3. The highest BCUT2D eigenvalue weighted by Crippen LogP contribution is 2.34. The highest BCUT2D eigenvalue weighted by Gasteiger charge is 2.52. The normalized spacial score (nSPS) is 29.9. The van der Waals surface area contributed by atoms with Crippen LogP contribution < -0.4 is 0 Å². The van der Waals surface area contributed by atoms with Crippen molar-refractivity contribution >= 4 is 0 Å². The lowest BCUT2D eigenvalue weighted by molar-refractivity contribution is -1.45. The smallest absolute Gasteiger partial charge is 0.202 e. The van der Waals surface area contributed by atoms with Gasteiger partial charge in [-0.25, -0.2) is 0 Å². The molecule has 2 unspecified atom stereocenters. The molecule has 0 amide bonds. The molecular weight excluding hydrogens is 284 g/mol. The largest absolute Gasteiger partial charge is 0.325 e. The van der Waals surface area contributed by atoms with Gasteiger partial charge in [0.15, 0.2) is 12.4 Å². The third-order valence-corrected chi connectivity index (χ3v) is 5.47. The molecule has 132 valence electrons. The van der Waals surface area contributed by atoms with Gasteiger partial charge in [0.1, 0.15) is 13.1 Å². The third kappa shape index (κ3) is 4.10. The topological polar surface area (TPSA) is 6.48 Å². The van der Waals surface area contributed by atoms with E-state index in [4.69, 9.17) is 0 Å². The monoisotopic (exact) mass is 322 g/mol. The van der Waals surface area contributed by atoms with Crippen molar-refractivity contribution in [2.45, 2.75) is 58.8 Å². The van der Waals surface area contributed by atoms with E-state index in [1.54, 1.807) is 0 Å². The average molecular weight is 323 g/mol. The summed E-state index contributed by atoms with van der Waals surface area (Å²) < 4.78 is 2.15. The van der Waals surface area contributed by atoms with Crippen molar-refractivity contribution in [3.8, 4) is 0 Å². The average Bonchev–Trinajstić information content (AvgIpc) is 3.10. The molecule has 0 N–H and O–H groups in total. The summed E-state index contributed by atoms with van der Waals surface area (Å²) in [6.07, 6.45) is 18.9. The molecule has 0 fully saturated rings. The SMILES string of the molecule is CCCCCC[N+]1([N+]2(CCCCC)C=CN(C)C2)C=CN(C)C1. The maximum absolute atomic E-state index is 2.47. The van der Waals surface area contributed by atoms with Gasteiger partial charge in [-0.15, -0.1) is 9.18 Å². The molecule has 0 radical (unpaired) electrons. The summed E-state index contributed by atoms with van der Waals surface area (Å²) in [7, 11) is 4.43. The van der Waals surface area contributed by atoms with Crippen molar-refractivity contribution < 1.29 is 9.18 Å². The van der Waals surface area contributed by atoms with Crippen LogP contribution in [0.2, 0.25) is 0 Å². The highest BCUT2D eigenvalue weighted by atomic mass is 15.9. The Morgan fingerprint density at radius 2 is 1.13 bits per heavy atom. The standard InChI is InChI=1S/C19H38N4/c1-5-7-9-11-15-23(17-13-21(4)19-23)22(14-10-8-6-2)16-12-20(3)18-22/h12-13,16-17H,5-11,14-15,18-19H2,1-4H3/q+2. The van der Waals surface area contributed by atoms with E-state index in [9.17, 15) is 0 Å². The van der Waals surface area contributed by atoms with Crippen molar-refractivity contribution in [3.63, 3.8) is 0 Å². The van der Waals surface area contributed by atoms with E-state index in [1.165, 1.54) is 58.0 Å². The number of unbranched alkanes of at least 4 members (excludes halogenated alkanes) is 5. The Morgan fingerprint density at radius 1 is 0.696 bits per heavy atom. The summed E-state index contributed by atoms with van der Waals surface area (Å²) in [6, 6.07) is 0. The minimum Gasteiger partial charge on any atom is -0.325 e. The van der Waals surface area contributed by atoms with Gasteiger partial charge in [0, 0.05) is 26.9 Å². The quantitative estimate of drug-likeness (QED) is 0.442. The molecule has 2 aliphatic heterocycles. The maximum Gasteiger partial charge on any atom is 0.202 e. The van der Waals surface area contributed by atoms with Crippen LogP contribution in [0.5, 0.6) is 0 Å². The molecule has 0 bridgehead atoms. The molecule has 0 aromatic carbocycles. The van der Waals surface area contributed by atoms with E-state index in [2.05, 4.69) is 62.5 Å². The molecule has 0 aromatic heterocycles. The molecule has 0 saturated carbocycles. The van der Waals surface area contributed by atoms with Gasteiger partial charge in [0.05, 0.1) is 12.4 Å². The van der Waals surface area contributed by atoms with Crippen molar-refractivity contribution in [1.29, 1.82) is 0 Å². The van der Waals surface area contributed by atoms with E-state index >= 15 is 0 Å². The molecule has 2 aliphatic rings. The van der Waals surface area contributed by atoms with Gasteiger partial charge in [-0.1, -0.05) is 33.1 Å². The first-order chi connectivity index (χ1) is 11.1. The lowest BCUT2D eigenvalue weighted by Gasteiger charge is -2.46. The molecule has 4 heteroatoms. The van der Waals surface area contributed by atoms with Crippen LogP contribution in [0.25, 0.3) is 0 Å². The van der Waals surface area contributed by atoms with Gasteiger partial charge in [0.25, 0.3) is 0 Å². The Labute approximate surface area is 143 Å². The number of quaternary nitrogens is 2. The first-order valence-electron chi connectivity index (χ1n) is 9.61. The zero-order valence-electron chi connectivity index (χ0n) is 15.9. The predicted molar refractivity (Wildman–Crippen MR) is 97.5 cm³/mol. The first-order valence-corrected chi connectivity index (χ1v) is 9.61. The third-order valence-electron chi connectivity index (χ3n) is 5.47. The summed E-state index contributed by atoms with van der Waals surface area (Å²) in [5, 5.41) is 0. The number of hydrogen-bond donors (Lipinski definition) is 0. The Kier molecular flexibility index (Phi) is 6.54. The second kappa shape index (κ2) is 8.20. The molecule has 2 heterocycles. The number of nitrogens with zero attached hydrogens (tertiary/aromatic N) is 4. The summed E-state index contributed by atoms with van der Waals surface area (Å²) in [4.78, 5) is 4.73. The van der Waals surface area contributed by atoms with Crippen LogP contribution in [0.4, 0.5) is 0 Å². The van der Waals surface area contributed by atoms with Gasteiger partial charge >= 0.3 is 0 Å². The Hall–Kier alpha value is -1.00. The molecule has 0 aromatic rings. The summed E-state index contributed by atoms with van der Waals surface area (Å²) in [6.45, 7) is 9.32. The van der Waals surface area contributed by atoms with Crippen LogP contribution in [0, 0.1) is 0 Å². The molecule has 2 atom stereocenters. The van der Waals surface area contributed by atoms with Gasteiger partial charge in [-0.3, -0.25) is 0 Å². The summed E-state index contributed by atoms with van der Waals surface area (Å²) in [5.74, 6) is 0. The molecule has 0 spiro atoms. The Bertz CT molecular complexity index is 420. The minimum atomic E-state index is 1.07. The highest BCUT2D eigenvalue weighted by molar-refractivity contribution is 4.82. The minimum absolute atomic E-state index is 1.07. The van der Waals surface area contributed by atoms with Crippen LogP contribution in [0.1, 0.15) is 58.8 Å². The maximum atomic E-state index is 2.47. The van der Waals surface area contributed by atoms with Crippen molar-refractivity contribution in [1.82, 2.24) is 9.80 Å². The van der Waals surface area contributed by atoms with E-state index in [-0.39, 0.29) is 0 Å². The lowest BCUT2D eigenvalue weighted by Crippen LogP contribution is -2.68. The second-order valence-corrected chi connectivity index (χ2v) is 7.58. The number of hydrogen-bond acceptors (Lipinski definition) is 2. The fourth-order valence-corrected chi connectivity index (χ4v) is 4.09. The van der Waals surface area contributed by atoms with Gasteiger partial charge < -0.3 is 9.80 Å². The molecule has 4 nitrogen and oxygen atoms in total. The van der Waals surface area contributed by atoms with Crippen molar-refractivity contribution in [2.24, 2.45) is 0 Å². The Morgan fingerprint density at radius 3 is 1.52 bits per heavy atom. The van der Waals surface area contributed by atoms with Gasteiger partial charge in [-0.2, -0.15) is 0 Å². The van der Waals surface area contributed by atoms with E-state index < -0.39 is 0 Å². The molecule has 23 heavy (non-hydrogen) atoms. The van der Waals surface area contributed by atoms with E-state index in [0.29, 0.717) is 0 Å². The van der Waals surface area contributed by atoms with Crippen molar-refractivity contribution in [2.75, 3.05) is 40.5 Å². The van der Waals surface area contributed by atoms with Crippen LogP contribution >= 0.6 is 0 Å². The molecule has 2 rings (SSSR count). The molecular formula is C19H38N4+2. The predicted octanol–water partition coefficient (Wildman–Crippen LogP) is 4.05. The van der Waals surface area contributed by atoms with Gasteiger partial charge in [-0.05, 0) is 12.8 Å². The fraction of sp³-hybridized carbons (Fsp3) is 0.789. The van der Waals surface area contributed by atoms with Crippen LogP contribution in [-0.4, -0.2) is 59.5 Å². The summed E-state index contributed by atoms with van der Waals surface area (Å²) in [5.41, 5.74) is 0. The van der Waals surface area contributed by atoms with Gasteiger partial charge in [0.2, 0.25) is 13.3 Å². The van der Waals surface area contributed by atoms with Crippen LogP contribution in [0.15, 0.2) is 24.8 Å². The van der Waals surface area contributed by atoms with Crippen molar-refractivity contribution in [3.05, 3.63) is 24.8 Å². The van der Waals surface area contributed by atoms with Crippen LogP contribution in [0.3, 0.4) is 0 Å². The zero-order valence-corrected chi connectivity index (χ0v) is 15.9. The van der Waals surface area contributed by atoms with Crippen LogP contribution in [-0.2, 0) is 0 Å². The fourth-order valence-electron chi connectivity index (χ4n) is 4.09. The number of rotatable bonds is 10. The second-order valence-electron chi connectivity index (χ2n) is 7.58. The van der Waals surface area contributed by atoms with E-state index in [1.807, 2.05) is 0 Å². The van der Waals surface area contributed by atoms with E-state index in [0.717, 1.165) is 22.5 Å². The molecule has 0 aliphatic carbocycles. The molecule has 0 saturated heterocycles. The summed E-state index contributed by atoms with van der Waals surface area (Å²) >= 11 is 0. The Balaban J connectivity index is 2.16. The zero-order chi connectivity index (χ0) is 16.8.